The van der Waals surface area contributed by atoms with Gasteiger partial charge in [-0.1, -0.05) is 108 Å². The highest BCUT2D eigenvalue weighted by molar-refractivity contribution is 7.99. The van der Waals surface area contributed by atoms with Crippen LogP contribution in [0.15, 0.2) is 262 Å². The monoisotopic (exact) mass is 2110 g/mol. The van der Waals surface area contributed by atoms with E-state index in [0.717, 1.165) is 194 Å². The normalized spacial score (nSPS) is 15.6. The Kier molecular flexibility index (Phi) is 38.1. The first-order valence-electron chi connectivity index (χ1n) is 48.6. The summed E-state index contributed by atoms with van der Waals surface area (Å²) in [6.07, 6.45) is 3.23. The lowest BCUT2D eigenvalue weighted by atomic mass is 9.96. The SMILES string of the molecule is CCn1c(C)c(C(=O)O)c(-c2cccc(N3CCN(c4ccc(NS(=O)(=O)c5ccc(N[C@H](CCN6CCC(O)CC6)CSc6ccccc6)c(C)c5)cc4)CC3)c2)c1-c1ccc(Cl)cc1.CCn1c(C)c(C(=O)OCP(=O)(O)O)c(-c2cccc(N3CCN(c4ccc(NS(=O)(=O)c5ccc(N[C@H](CCN6CCC(O)CC6)CSc6ccccc6)c(C)c5)cc4)CC3)c2)c1-c1ccc(Cl)cc1.COP(C)(=O)CO. The van der Waals surface area contributed by atoms with E-state index in [1.165, 1.54) is 23.6 Å². The Labute approximate surface area is 864 Å². The number of aliphatic hydroxyl groups excluding tert-OH is 3. The minimum atomic E-state index is -4.62. The third-order valence-corrected chi connectivity index (χ3v) is 34.1. The van der Waals surface area contributed by atoms with Crippen molar-refractivity contribution in [3.63, 3.8) is 0 Å². The molecule has 4 saturated heterocycles. The Bertz CT molecular complexity index is 6680. The van der Waals surface area contributed by atoms with Crippen LogP contribution in [0.3, 0.4) is 0 Å². The predicted octanol–water partition coefficient (Wildman–Crippen LogP) is 20.8. The maximum absolute atomic E-state index is 13.7. The Hall–Kier alpha value is -10.6. The molecular weight excluding hydrogens is 1980 g/mol. The summed E-state index contributed by atoms with van der Waals surface area (Å²) in [6, 6.07) is 77.4. The summed E-state index contributed by atoms with van der Waals surface area (Å²) in [5.41, 5.74) is 16.5. The van der Waals surface area contributed by atoms with E-state index in [1.54, 1.807) is 67.2 Å². The number of nitrogens with one attached hydrogen (secondary N) is 4. The van der Waals surface area contributed by atoms with Crippen LogP contribution in [0.5, 0.6) is 0 Å². The molecule has 4 aliphatic heterocycles. The van der Waals surface area contributed by atoms with Crippen LogP contribution in [-0.2, 0) is 51.5 Å². The number of anilines is 8. The number of carboxylic acids is 1. The van der Waals surface area contributed by atoms with Gasteiger partial charge in [0.15, 0.2) is 6.35 Å². The fourth-order valence-electron chi connectivity index (χ4n) is 18.7. The minimum absolute atomic E-state index is 0.142. The van der Waals surface area contributed by atoms with Crippen LogP contribution >= 0.6 is 61.7 Å². The number of nitrogens with zero attached hydrogens (tertiary/aromatic N) is 8. The second-order valence-electron chi connectivity index (χ2n) is 36.7. The molecule has 1 unspecified atom stereocenters. The Morgan fingerprint density at radius 2 is 0.833 bits per heavy atom. The number of aromatic nitrogens is 2. The van der Waals surface area contributed by atoms with Crippen molar-refractivity contribution in [1.29, 1.82) is 0 Å². The van der Waals surface area contributed by atoms with Crippen molar-refractivity contribution in [3.8, 4) is 44.8 Å². The number of ether oxygens (including phenoxy) is 1. The number of carbonyl (C=O) groups excluding carboxylic acids is 1. The van der Waals surface area contributed by atoms with Gasteiger partial charge in [-0.25, -0.2) is 26.4 Å². The number of likely N-dealkylation sites (tertiary alicyclic amines) is 2. The number of carbonyl (C=O) groups is 2. The number of thioether (sulfide) groups is 2. The van der Waals surface area contributed by atoms with Crippen molar-refractivity contribution in [3.05, 3.63) is 286 Å². The van der Waals surface area contributed by atoms with Crippen molar-refractivity contribution in [2.24, 2.45) is 0 Å². The van der Waals surface area contributed by atoms with E-state index in [-0.39, 0.29) is 46.0 Å². The number of aryl methyl sites for hydroxylation is 2. The van der Waals surface area contributed by atoms with Crippen LogP contribution in [0.25, 0.3) is 44.8 Å². The third-order valence-electron chi connectivity index (χ3n) is 26.7. The molecule has 766 valence electrons. The maximum atomic E-state index is 13.7. The highest BCUT2D eigenvalue weighted by Gasteiger charge is 2.34. The fraction of sp³-hybridized carbons (Fsp3) is 0.352. The van der Waals surface area contributed by atoms with Gasteiger partial charge in [0.2, 0.25) is 7.37 Å². The molecule has 16 rings (SSSR count). The lowest BCUT2D eigenvalue weighted by Crippen LogP contribution is -2.46. The molecule has 4 fully saturated rings. The van der Waals surface area contributed by atoms with Crippen LogP contribution < -0.4 is 39.7 Å². The first kappa shape index (κ1) is 109. The van der Waals surface area contributed by atoms with Gasteiger partial charge in [0.25, 0.3) is 20.0 Å². The molecule has 0 saturated carbocycles. The number of aliphatic hydroxyl groups is 3. The second kappa shape index (κ2) is 50.2. The molecule has 0 radical (unpaired) electrons. The topological polar surface area (TPSA) is 354 Å². The van der Waals surface area contributed by atoms with Gasteiger partial charge in [0.05, 0.1) is 44.5 Å². The lowest BCUT2D eigenvalue weighted by molar-refractivity contribution is 0.0549. The molecule has 36 heteroatoms. The highest BCUT2D eigenvalue weighted by Crippen LogP contribution is 2.46. The van der Waals surface area contributed by atoms with Crippen LogP contribution in [0.4, 0.5) is 45.5 Å². The van der Waals surface area contributed by atoms with E-state index < -0.39 is 53.3 Å². The van der Waals surface area contributed by atoms with Gasteiger partial charge in [-0.15, -0.1) is 23.5 Å². The first-order chi connectivity index (χ1) is 69.0. The van der Waals surface area contributed by atoms with E-state index in [0.29, 0.717) is 88.8 Å². The molecule has 144 heavy (non-hydrogen) atoms. The van der Waals surface area contributed by atoms with Gasteiger partial charge in [-0.05, 0) is 271 Å². The minimum Gasteiger partial charge on any atom is -0.478 e. The molecule has 2 aromatic heterocycles. The standard InChI is InChI=1S/C53H62ClN6O8PS2.C52H59ClN6O5S2.C3H9O3P/c1-4-60-38(3)50(53(62)68-36-69(63,64)65)51(52(60)39-13-15-41(54)16-14-39)40-9-8-10-45(34-40)59-31-29-58(30-32-59)44-19-17-42(18-20-44)56-71(66,67)48-21-22-49(37(2)33-48)55-43(35-70-47-11-6-5-7-12-47)23-26-57-27-24-46(61)25-28-57;1-4-59-37(3)49(52(61)62)50(51(59)38-13-15-40(53)16-14-38)39-9-8-10-44(34-39)58-31-29-57(30-32-58)43-19-17-41(18-20-43)55-66(63,64)47-21-22-48(36(2)33-47)54-42(35-65-46-11-6-5-7-12-46)23-26-56-27-24-45(60)25-28-56;1-6-7(2,5)3-4/h5-22,33-34,43,46,55-56,61H,4,23-32,35-36H2,1-3H3,(H2,63,64,65);5-22,33-34,42,45,54-55,60H,4,23-32,35H2,1-3H3,(H,61,62);4H,3H2,1-2H3/t43-;42-;/m11./s1. The number of aromatic carboxylic acids is 1. The molecule has 10 N–H and O–H groups in total. The summed E-state index contributed by atoms with van der Waals surface area (Å²) in [6.45, 7) is 25.3. The quantitative estimate of drug-likeness (QED) is 0.00976. The number of hydrogen-bond donors (Lipinski definition) is 10. The van der Waals surface area contributed by atoms with Crippen molar-refractivity contribution >= 4 is 139 Å². The van der Waals surface area contributed by atoms with Crippen LogP contribution in [-0.4, -0.2) is 232 Å². The smallest absolute Gasteiger partial charge is 0.362 e. The molecule has 6 heterocycles. The second-order valence-corrected chi connectivity index (χ2v) is 47.4. The maximum Gasteiger partial charge on any atom is 0.362 e. The summed E-state index contributed by atoms with van der Waals surface area (Å²) in [5, 5.41) is 47.3. The van der Waals surface area contributed by atoms with Gasteiger partial charge in [-0.3, -0.25) is 18.6 Å². The lowest BCUT2D eigenvalue weighted by Gasteiger charge is -2.37. The van der Waals surface area contributed by atoms with E-state index in [9.17, 15) is 60.7 Å². The third kappa shape index (κ3) is 29.0. The van der Waals surface area contributed by atoms with Crippen LogP contribution in [0.1, 0.15) is 95.6 Å². The summed E-state index contributed by atoms with van der Waals surface area (Å²) < 4.78 is 96.3. The number of esters is 1. The van der Waals surface area contributed by atoms with Crippen molar-refractivity contribution in [2.45, 2.75) is 137 Å². The number of hydrogen-bond acceptors (Lipinski definition) is 23. The van der Waals surface area contributed by atoms with Gasteiger partial charge in [0.1, 0.15) is 6.35 Å². The summed E-state index contributed by atoms with van der Waals surface area (Å²) in [7, 11) is -13.7. The average molecular weight is 2110 g/mol. The summed E-state index contributed by atoms with van der Waals surface area (Å²) >= 11 is 16.1. The van der Waals surface area contributed by atoms with E-state index in [1.807, 2.05) is 197 Å². The molecule has 4 aliphatic rings. The summed E-state index contributed by atoms with van der Waals surface area (Å²) in [4.78, 5) is 62.3. The molecule has 0 aliphatic carbocycles. The van der Waals surface area contributed by atoms with Crippen molar-refractivity contribution in [1.82, 2.24) is 18.9 Å². The van der Waals surface area contributed by atoms with Gasteiger partial charge >= 0.3 is 19.5 Å². The number of benzene rings is 10. The molecule has 10 aromatic carbocycles. The molecule has 0 spiro atoms. The number of piperidine rings is 2. The number of sulfonamides is 2. The van der Waals surface area contributed by atoms with Crippen molar-refractivity contribution < 1.29 is 75.0 Å². The molecule has 0 bridgehead atoms. The number of carboxylic acid groups (broad SMARTS) is 1. The number of halogens is 2. The molecule has 3 atom stereocenters. The van der Waals surface area contributed by atoms with Crippen molar-refractivity contribution in [2.75, 3.05) is 169 Å². The van der Waals surface area contributed by atoms with E-state index >= 15 is 0 Å². The van der Waals surface area contributed by atoms with Gasteiger partial charge < -0.3 is 88.6 Å². The average Bonchev–Trinajstić information content (AvgIpc) is 1.60. The fourth-order valence-corrected chi connectivity index (χ4v) is 23.6. The number of rotatable bonds is 38. The highest BCUT2D eigenvalue weighted by atomic mass is 35.5. The van der Waals surface area contributed by atoms with Crippen LogP contribution in [0.2, 0.25) is 10.0 Å². The van der Waals surface area contributed by atoms with Crippen LogP contribution in [0, 0.1) is 27.7 Å². The Morgan fingerprint density at radius 3 is 1.17 bits per heavy atom. The van der Waals surface area contributed by atoms with E-state index in [2.05, 4.69) is 107 Å². The molecular formula is C108H130Cl2N12O16P2S4. The zero-order valence-corrected chi connectivity index (χ0v) is 89.0. The number of piperazine rings is 2. The zero-order chi connectivity index (χ0) is 103. The zero-order valence-electron chi connectivity index (χ0n) is 82.4. The summed E-state index contributed by atoms with van der Waals surface area (Å²) in [5.74, 6) is -0.0703. The van der Waals surface area contributed by atoms with Gasteiger partial charge in [0, 0.05) is 230 Å². The Morgan fingerprint density at radius 1 is 0.465 bits per heavy atom. The molecule has 28 nitrogen and oxygen atoms in total. The molecule has 0 amide bonds. The first-order valence-corrected chi connectivity index (χ1v) is 58.3. The largest absolute Gasteiger partial charge is 0.478 e. The van der Waals surface area contributed by atoms with E-state index in [4.69, 9.17) is 33.0 Å². The Balaban J connectivity index is 0.000000214. The van der Waals surface area contributed by atoms with Gasteiger partial charge in [-0.2, -0.15) is 0 Å². The molecule has 12 aromatic rings. The predicted molar refractivity (Wildman–Crippen MR) is 586 cm³/mol.